The maximum absolute atomic E-state index is 3.81. The lowest BCUT2D eigenvalue weighted by Crippen LogP contribution is -1.88. The Morgan fingerprint density at radius 3 is 2.54 bits per heavy atom. The van der Waals surface area contributed by atoms with Crippen molar-refractivity contribution in [2.24, 2.45) is 0 Å². The lowest BCUT2D eigenvalue weighted by Gasteiger charge is -2.08. The van der Waals surface area contributed by atoms with E-state index < -0.39 is 0 Å². The molecule has 74 valence electrons. The van der Waals surface area contributed by atoms with Crippen molar-refractivity contribution in [2.75, 3.05) is 0 Å². The molecule has 0 aromatic rings. The minimum absolute atomic E-state index is 1.11. The smallest absolute Gasteiger partial charge is 0.0142 e. The minimum Gasteiger partial charge on any atom is -0.103 e. The van der Waals surface area contributed by atoms with Crippen LogP contribution in [0.3, 0.4) is 0 Å². The molecule has 0 spiro atoms. The summed E-state index contributed by atoms with van der Waals surface area (Å²) >= 11 is 0. The Bertz CT molecular complexity index is 165. The topological polar surface area (TPSA) is 0 Å². The van der Waals surface area contributed by atoms with E-state index in [9.17, 15) is 0 Å². The highest BCUT2D eigenvalue weighted by Gasteiger charge is 1.98. The monoisotopic (exact) mass is 178 g/mol. The first-order chi connectivity index (χ1) is 6.43. The van der Waals surface area contributed by atoms with E-state index in [1.165, 1.54) is 51.4 Å². The molecule has 0 saturated carbocycles. The molecule has 0 radical (unpaired) electrons. The third-order valence-corrected chi connectivity index (χ3v) is 2.79. The molecule has 0 N–H and O–H groups in total. The van der Waals surface area contributed by atoms with Crippen molar-refractivity contribution < 1.29 is 0 Å². The molecule has 1 aliphatic carbocycles. The van der Waals surface area contributed by atoms with Crippen LogP contribution in [0.4, 0.5) is 0 Å². The Balaban J connectivity index is 2.37. The van der Waals surface area contributed by atoms with Gasteiger partial charge in [0.05, 0.1) is 0 Å². The third-order valence-electron chi connectivity index (χ3n) is 2.79. The fourth-order valence-corrected chi connectivity index (χ4v) is 1.98. The quantitative estimate of drug-likeness (QED) is 0.541. The fraction of sp³-hybridized carbons (Fsp3) is 0.692. The van der Waals surface area contributed by atoms with Gasteiger partial charge in [-0.25, -0.2) is 0 Å². The van der Waals surface area contributed by atoms with Crippen molar-refractivity contribution >= 4 is 0 Å². The molecule has 0 heterocycles. The second-order valence-corrected chi connectivity index (χ2v) is 4.02. The molecule has 0 aliphatic heterocycles. The highest BCUT2D eigenvalue weighted by Crippen LogP contribution is 2.18. The molecule has 0 aromatic carbocycles. The van der Waals surface area contributed by atoms with Crippen LogP contribution in [0.5, 0.6) is 0 Å². The Kier molecular flexibility index (Phi) is 5.64. The molecule has 1 aliphatic rings. The van der Waals surface area contributed by atoms with Gasteiger partial charge in [-0.05, 0) is 32.1 Å². The lowest BCUT2D eigenvalue weighted by atomic mass is 9.98. The van der Waals surface area contributed by atoms with Gasteiger partial charge in [-0.15, -0.1) is 6.58 Å². The van der Waals surface area contributed by atoms with Crippen LogP contribution in [-0.2, 0) is 0 Å². The summed E-state index contributed by atoms with van der Waals surface area (Å²) in [7, 11) is 0. The van der Waals surface area contributed by atoms with Crippen LogP contribution in [0.15, 0.2) is 24.3 Å². The molecule has 13 heavy (non-hydrogen) atoms. The van der Waals surface area contributed by atoms with Crippen LogP contribution >= 0.6 is 0 Å². The zero-order valence-electron chi connectivity index (χ0n) is 8.73. The van der Waals surface area contributed by atoms with Crippen molar-refractivity contribution in [3.63, 3.8) is 0 Å². The minimum atomic E-state index is 1.11. The maximum atomic E-state index is 3.81. The summed E-state index contributed by atoms with van der Waals surface area (Å²) < 4.78 is 0. The zero-order valence-corrected chi connectivity index (χ0v) is 8.73. The second kappa shape index (κ2) is 6.94. The van der Waals surface area contributed by atoms with E-state index in [0.29, 0.717) is 0 Å². The molecular weight excluding hydrogens is 156 g/mol. The highest BCUT2D eigenvalue weighted by molar-refractivity contribution is 5.06. The summed E-state index contributed by atoms with van der Waals surface area (Å²) in [5.74, 6) is 0. The largest absolute Gasteiger partial charge is 0.103 e. The van der Waals surface area contributed by atoms with Crippen molar-refractivity contribution in [2.45, 2.75) is 57.8 Å². The molecule has 0 atom stereocenters. The van der Waals surface area contributed by atoms with Crippen molar-refractivity contribution in [3.05, 3.63) is 24.3 Å². The van der Waals surface area contributed by atoms with Gasteiger partial charge in [0.1, 0.15) is 0 Å². The van der Waals surface area contributed by atoms with Gasteiger partial charge in [-0.1, -0.05) is 43.4 Å². The van der Waals surface area contributed by atoms with Gasteiger partial charge >= 0.3 is 0 Å². The van der Waals surface area contributed by atoms with E-state index in [1.54, 1.807) is 5.57 Å². The summed E-state index contributed by atoms with van der Waals surface area (Å²) in [6.45, 7) is 3.81. The SMILES string of the molecule is C=CC/C1=C/CCCCCCCC1. The number of allylic oxidation sites excluding steroid dienone is 3. The zero-order chi connectivity index (χ0) is 9.36. The molecule has 0 fully saturated rings. The van der Waals surface area contributed by atoms with Crippen LogP contribution in [0.25, 0.3) is 0 Å². The van der Waals surface area contributed by atoms with Gasteiger partial charge in [0.25, 0.3) is 0 Å². The molecule has 0 bridgehead atoms. The molecule has 0 aromatic heterocycles. The molecule has 0 amide bonds. The van der Waals surface area contributed by atoms with Gasteiger partial charge in [0, 0.05) is 0 Å². The summed E-state index contributed by atoms with van der Waals surface area (Å²) in [5, 5.41) is 0. The average molecular weight is 178 g/mol. The Morgan fingerprint density at radius 2 is 1.77 bits per heavy atom. The summed E-state index contributed by atoms with van der Waals surface area (Å²) in [6, 6.07) is 0. The summed E-state index contributed by atoms with van der Waals surface area (Å²) in [5.41, 5.74) is 1.62. The molecule has 0 heteroatoms. The molecule has 0 nitrogen and oxygen atoms in total. The Hall–Kier alpha value is -0.520. The first-order valence-electron chi connectivity index (χ1n) is 5.72. The van der Waals surface area contributed by atoms with Crippen molar-refractivity contribution in [1.29, 1.82) is 0 Å². The maximum Gasteiger partial charge on any atom is -0.0142 e. The van der Waals surface area contributed by atoms with Gasteiger partial charge in [0.2, 0.25) is 0 Å². The van der Waals surface area contributed by atoms with E-state index in [4.69, 9.17) is 0 Å². The lowest BCUT2D eigenvalue weighted by molar-refractivity contribution is 0.583. The molecule has 1 rings (SSSR count). The highest BCUT2D eigenvalue weighted by atomic mass is 14.0. The van der Waals surface area contributed by atoms with E-state index in [1.807, 2.05) is 6.08 Å². The predicted octanol–water partition coefficient (Wildman–Crippen LogP) is 4.62. The third kappa shape index (κ3) is 4.92. The molecule has 0 unspecified atom stereocenters. The van der Waals surface area contributed by atoms with Crippen LogP contribution < -0.4 is 0 Å². The van der Waals surface area contributed by atoms with E-state index >= 15 is 0 Å². The first kappa shape index (κ1) is 10.6. The Morgan fingerprint density at radius 1 is 1.08 bits per heavy atom. The number of hydrogen-bond acceptors (Lipinski definition) is 0. The Labute approximate surface area is 82.7 Å². The number of rotatable bonds is 2. The summed E-state index contributed by atoms with van der Waals surface area (Å²) in [6.07, 6.45) is 16.7. The first-order valence-corrected chi connectivity index (χ1v) is 5.72. The summed E-state index contributed by atoms with van der Waals surface area (Å²) in [4.78, 5) is 0. The normalized spacial score (nSPS) is 24.5. The van der Waals surface area contributed by atoms with Crippen LogP contribution in [0, 0.1) is 0 Å². The average Bonchev–Trinajstić information content (AvgIpc) is 2.16. The van der Waals surface area contributed by atoms with Gasteiger partial charge in [0.15, 0.2) is 0 Å². The van der Waals surface area contributed by atoms with E-state index in [0.717, 1.165) is 6.42 Å². The van der Waals surface area contributed by atoms with Crippen molar-refractivity contribution in [1.82, 2.24) is 0 Å². The second-order valence-electron chi connectivity index (χ2n) is 4.02. The fourth-order valence-electron chi connectivity index (χ4n) is 1.98. The molecular formula is C13H22. The van der Waals surface area contributed by atoms with Gasteiger partial charge < -0.3 is 0 Å². The van der Waals surface area contributed by atoms with Crippen LogP contribution in [0.1, 0.15) is 57.8 Å². The van der Waals surface area contributed by atoms with Crippen molar-refractivity contribution in [3.8, 4) is 0 Å². The molecule has 0 saturated heterocycles. The van der Waals surface area contributed by atoms with Gasteiger partial charge in [-0.2, -0.15) is 0 Å². The standard InChI is InChI=1S/C13H22/c1-2-10-13-11-8-6-4-3-5-7-9-12-13/h2,11H,1,3-10,12H2/b13-11-. The van der Waals surface area contributed by atoms with Crippen LogP contribution in [-0.4, -0.2) is 0 Å². The number of hydrogen-bond donors (Lipinski definition) is 0. The van der Waals surface area contributed by atoms with E-state index in [-0.39, 0.29) is 0 Å². The van der Waals surface area contributed by atoms with Crippen LogP contribution in [0.2, 0.25) is 0 Å². The van der Waals surface area contributed by atoms with Gasteiger partial charge in [-0.3, -0.25) is 0 Å². The van der Waals surface area contributed by atoms with E-state index in [2.05, 4.69) is 12.7 Å². The predicted molar refractivity (Wildman–Crippen MR) is 59.8 cm³/mol.